The van der Waals surface area contributed by atoms with Gasteiger partial charge in [-0.15, -0.1) is 11.3 Å². The number of rotatable bonds is 6. The summed E-state index contributed by atoms with van der Waals surface area (Å²) >= 11 is 1.36. The molecule has 0 bridgehead atoms. The Morgan fingerprint density at radius 3 is 2.82 bits per heavy atom. The maximum absolute atomic E-state index is 12.8. The van der Waals surface area contributed by atoms with Crippen molar-refractivity contribution in [2.75, 3.05) is 31.2 Å². The Labute approximate surface area is 164 Å². The van der Waals surface area contributed by atoms with Gasteiger partial charge in [-0.25, -0.2) is 9.97 Å². The SMILES string of the molecule is Cc1cc(N2CC(OCCO)C2)nc2c1c(=O)c(C(O)O)cn2-c1nccs1. The summed E-state index contributed by atoms with van der Waals surface area (Å²) in [5.41, 5.74) is 0.528. The van der Waals surface area contributed by atoms with Crippen LogP contribution in [-0.2, 0) is 4.74 Å². The van der Waals surface area contributed by atoms with Gasteiger partial charge in [0, 0.05) is 30.9 Å². The van der Waals surface area contributed by atoms with Crippen molar-refractivity contribution in [2.45, 2.75) is 19.3 Å². The van der Waals surface area contributed by atoms with Crippen LogP contribution in [0.2, 0.25) is 0 Å². The Morgan fingerprint density at radius 2 is 2.18 bits per heavy atom. The Kier molecular flexibility index (Phi) is 5.13. The van der Waals surface area contributed by atoms with E-state index in [4.69, 9.17) is 9.84 Å². The molecule has 0 amide bonds. The van der Waals surface area contributed by atoms with Gasteiger partial charge in [0.1, 0.15) is 5.82 Å². The second-order valence-corrected chi connectivity index (χ2v) is 7.46. The van der Waals surface area contributed by atoms with E-state index in [0.717, 1.165) is 0 Å². The minimum atomic E-state index is -1.89. The van der Waals surface area contributed by atoms with Gasteiger partial charge in [0.25, 0.3) is 0 Å². The number of aliphatic hydroxyl groups is 3. The second kappa shape index (κ2) is 7.57. The number of aromatic nitrogens is 3. The highest BCUT2D eigenvalue weighted by molar-refractivity contribution is 7.12. The second-order valence-electron chi connectivity index (χ2n) is 6.59. The van der Waals surface area contributed by atoms with Crippen molar-refractivity contribution in [1.29, 1.82) is 0 Å². The van der Waals surface area contributed by atoms with Crippen LogP contribution in [0.25, 0.3) is 16.2 Å². The highest BCUT2D eigenvalue weighted by atomic mass is 32.1. The predicted molar refractivity (Wildman–Crippen MR) is 104 cm³/mol. The molecule has 0 unspecified atom stereocenters. The number of hydrogen-bond donors (Lipinski definition) is 3. The third kappa shape index (κ3) is 3.29. The van der Waals surface area contributed by atoms with Crippen molar-refractivity contribution < 1.29 is 20.1 Å². The van der Waals surface area contributed by atoms with E-state index < -0.39 is 11.7 Å². The first-order chi connectivity index (χ1) is 13.5. The Bertz CT molecular complexity index is 1040. The molecule has 1 fully saturated rings. The summed E-state index contributed by atoms with van der Waals surface area (Å²) in [7, 11) is 0. The average Bonchev–Trinajstić information content (AvgIpc) is 3.14. The molecular weight excluding hydrogens is 384 g/mol. The van der Waals surface area contributed by atoms with E-state index in [2.05, 4.69) is 9.97 Å². The molecule has 1 aliphatic heterocycles. The standard InChI is InChI=1S/C18H20N4O5S/c1-10-6-13(21-7-11(8-21)27-4-3-23)20-16-14(10)15(24)12(17(25)26)9-22(16)18-19-2-5-28-18/h2,5-6,9,11,17,23,25-26H,3-4,7-8H2,1H3. The van der Waals surface area contributed by atoms with Crippen LogP contribution >= 0.6 is 11.3 Å². The monoisotopic (exact) mass is 404 g/mol. The molecule has 0 aliphatic carbocycles. The van der Waals surface area contributed by atoms with E-state index in [-0.39, 0.29) is 18.3 Å². The molecule has 4 heterocycles. The number of aliphatic hydroxyl groups excluding tert-OH is 2. The Hall–Kier alpha value is -2.37. The molecule has 3 aromatic heterocycles. The highest BCUT2D eigenvalue weighted by Crippen LogP contribution is 2.27. The largest absolute Gasteiger partial charge is 0.394 e. The summed E-state index contributed by atoms with van der Waals surface area (Å²) in [6.07, 6.45) is 1.17. The third-order valence-electron chi connectivity index (χ3n) is 4.69. The van der Waals surface area contributed by atoms with Gasteiger partial charge < -0.3 is 25.0 Å². The lowest BCUT2D eigenvalue weighted by Gasteiger charge is -2.39. The average molecular weight is 404 g/mol. The minimum absolute atomic E-state index is 0.0109. The fraction of sp³-hybridized carbons (Fsp3) is 0.389. The van der Waals surface area contributed by atoms with E-state index in [1.165, 1.54) is 17.5 Å². The molecule has 1 aliphatic rings. The quantitative estimate of drug-likeness (QED) is 0.503. The van der Waals surface area contributed by atoms with E-state index in [9.17, 15) is 15.0 Å². The van der Waals surface area contributed by atoms with E-state index in [1.54, 1.807) is 23.1 Å². The number of nitrogens with zero attached hydrogens (tertiary/aromatic N) is 4. The van der Waals surface area contributed by atoms with Crippen LogP contribution in [0, 0.1) is 6.92 Å². The van der Waals surface area contributed by atoms with Crippen molar-refractivity contribution >= 4 is 28.2 Å². The van der Waals surface area contributed by atoms with Crippen molar-refractivity contribution in [1.82, 2.24) is 14.5 Å². The number of aryl methyl sites for hydroxylation is 1. The summed E-state index contributed by atoms with van der Waals surface area (Å²) in [4.78, 5) is 23.8. The maximum Gasteiger partial charge on any atom is 0.199 e. The third-order valence-corrected chi connectivity index (χ3v) is 5.46. The molecule has 28 heavy (non-hydrogen) atoms. The van der Waals surface area contributed by atoms with Gasteiger partial charge in [0.2, 0.25) is 0 Å². The van der Waals surface area contributed by atoms with Gasteiger partial charge in [-0.3, -0.25) is 9.36 Å². The summed E-state index contributed by atoms with van der Waals surface area (Å²) in [5, 5.41) is 30.8. The van der Waals surface area contributed by atoms with Gasteiger partial charge >= 0.3 is 0 Å². The van der Waals surface area contributed by atoms with Crippen LogP contribution < -0.4 is 10.3 Å². The van der Waals surface area contributed by atoms with Crippen LogP contribution in [0.4, 0.5) is 5.82 Å². The van der Waals surface area contributed by atoms with Crippen LogP contribution in [-0.4, -0.2) is 62.3 Å². The summed E-state index contributed by atoms with van der Waals surface area (Å²) < 4.78 is 7.12. The molecule has 0 aromatic carbocycles. The van der Waals surface area contributed by atoms with Gasteiger partial charge in [-0.1, -0.05) is 0 Å². The molecule has 0 spiro atoms. The number of ether oxygens (including phenoxy) is 1. The van der Waals surface area contributed by atoms with Crippen LogP contribution in [0.15, 0.2) is 28.6 Å². The number of fused-ring (bicyclic) bond motifs is 1. The molecule has 3 N–H and O–H groups in total. The molecule has 10 heteroatoms. The van der Waals surface area contributed by atoms with Gasteiger partial charge in [-0.2, -0.15) is 0 Å². The number of hydrogen-bond acceptors (Lipinski definition) is 9. The summed E-state index contributed by atoms with van der Waals surface area (Å²) in [6, 6.07) is 1.81. The molecule has 3 aromatic rings. The van der Waals surface area contributed by atoms with E-state index in [1.807, 2.05) is 11.0 Å². The minimum Gasteiger partial charge on any atom is -0.394 e. The molecule has 1 saturated heterocycles. The van der Waals surface area contributed by atoms with E-state index >= 15 is 0 Å². The fourth-order valence-corrected chi connectivity index (χ4v) is 3.89. The zero-order chi connectivity index (χ0) is 19.8. The lowest BCUT2D eigenvalue weighted by atomic mass is 10.1. The first kappa shape index (κ1) is 19.0. The predicted octanol–water partition coefficient (Wildman–Crippen LogP) is 0.331. The van der Waals surface area contributed by atoms with Crippen molar-refractivity contribution in [3.05, 3.63) is 45.2 Å². The van der Waals surface area contributed by atoms with Crippen LogP contribution in [0.5, 0.6) is 0 Å². The smallest absolute Gasteiger partial charge is 0.199 e. The lowest BCUT2D eigenvalue weighted by Crippen LogP contribution is -2.53. The van der Waals surface area contributed by atoms with Gasteiger partial charge in [-0.05, 0) is 18.6 Å². The molecule has 9 nitrogen and oxygen atoms in total. The Morgan fingerprint density at radius 1 is 1.39 bits per heavy atom. The molecule has 0 radical (unpaired) electrons. The molecular formula is C18H20N4O5S. The van der Waals surface area contributed by atoms with Crippen LogP contribution in [0.1, 0.15) is 17.4 Å². The molecule has 0 atom stereocenters. The Balaban J connectivity index is 1.82. The maximum atomic E-state index is 12.8. The lowest BCUT2D eigenvalue weighted by molar-refractivity contribution is -0.0434. The topological polar surface area (TPSA) is 121 Å². The fourth-order valence-electron chi connectivity index (χ4n) is 3.27. The van der Waals surface area contributed by atoms with E-state index in [0.29, 0.717) is 47.2 Å². The first-order valence-electron chi connectivity index (χ1n) is 8.80. The zero-order valence-corrected chi connectivity index (χ0v) is 16.0. The molecule has 0 saturated carbocycles. The van der Waals surface area contributed by atoms with Crippen molar-refractivity contribution in [2.24, 2.45) is 0 Å². The summed E-state index contributed by atoms with van der Waals surface area (Å²) in [6.45, 7) is 3.38. The van der Waals surface area contributed by atoms with Crippen LogP contribution in [0.3, 0.4) is 0 Å². The summed E-state index contributed by atoms with van der Waals surface area (Å²) in [5.74, 6) is 0.704. The zero-order valence-electron chi connectivity index (χ0n) is 15.1. The number of thiazole rings is 1. The van der Waals surface area contributed by atoms with Gasteiger partial charge in [0.05, 0.1) is 30.3 Å². The molecule has 148 valence electrons. The number of anilines is 1. The molecule has 4 rings (SSSR count). The number of pyridine rings is 2. The first-order valence-corrected chi connectivity index (χ1v) is 9.68. The highest BCUT2D eigenvalue weighted by Gasteiger charge is 2.29. The van der Waals surface area contributed by atoms with Crippen molar-refractivity contribution in [3.63, 3.8) is 0 Å². The normalized spacial score (nSPS) is 14.8. The van der Waals surface area contributed by atoms with Crippen molar-refractivity contribution in [3.8, 4) is 5.13 Å². The van der Waals surface area contributed by atoms with Gasteiger partial charge in [0.15, 0.2) is 22.5 Å².